The summed E-state index contributed by atoms with van der Waals surface area (Å²) in [5.41, 5.74) is 1.69. The Morgan fingerprint density at radius 1 is 1.18 bits per heavy atom. The Balaban J connectivity index is 1.41. The van der Waals surface area contributed by atoms with Crippen LogP contribution in [0.5, 0.6) is 0 Å². The number of piperidine rings is 1. The van der Waals surface area contributed by atoms with Gasteiger partial charge in [-0.2, -0.15) is 5.10 Å². The average Bonchev–Trinajstić information content (AvgIpc) is 3.51. The number of nitrogens with one attached hydrogen (secondary N) is 1. The number of aromatic nitrogens is 7. The summed E-state index contributed by atoms with van der Waals surface area (Å²) >= 11 is 0. The first-order valence-corrected chi connectivity index (χ1v) is 11.1. The minimum absolute atomic E-state index is 0.0592. The number of fused-ring (bicyclic) bond motifs is 1. The third-order valence-corrected chi connectivity index (χ3v) is 5.79. The molecule has 1 saturated heterocycles. The van der Waals surface area contributed by atoms with Crippen molar-refractivity contribution in [3.63, 3.8) is 0 Å². The number of carbonyl (C=O) groups excluding carboxylic acids is 1. The zero-order valence-corrected chi connectivity index (χ0v) is 19.5. The fraction of sp³-hybridized carbons (Fsp3) is 0.455. The van der Waals surface area contributed by atoms with E-state index in [-0.39, 0.29) is 23.5 Å². The normalized spacial score (nSPS) is 15.2. The van der Waals surface area contributed by atoms with Gasteiger partial charge in [-0.3, -0.25) is 4.79 Å². The van der Waals surface area contributed by atoms with Crippen LogP contribution < -0.4 is 5.56 Å². The molecule has 0 spiro atoms. The summed E-state index contributed by atoms with van der Waals surface area (Å²) in [4.78, 5) is 33.5. The molecule has 0 unspecified atom stereocenters. The smallest absolute Gasteiger partial charge is 0.410 e. The topological polar surface area (TPSA) is 136 Å². The van der Waals surface area contributed by atoms with Crippen LogP contribution in [0.2, 0.25) is 0 Å². The van der Waals surface area contributed by atoms with Gasteiger partial charge < -0.3 is 23.6 Å². The first kappa shape index (κ1) is 21.9. The summed E-state index contributed by atoms with van der Waals surface area (Å²) in [6.07, 6.45) is 5.95. The van der Waals surface area contributed by atoms with E-state index < -0.39 is 5.60 Å². The predicted octanol–water partition coefficient (Wildman–Crippen LogP) is 2.59. The molecule has 34 heavy (non-hydrogen) atoms. The second-order valence-corrected chi connectivity index (χ2v) is 9.42. The fourth-order valence-corrected chi connectivity index (χ4v) is 4.14. The van der Waals surface area contributed by atoms with Gasteiger partial charge in [-0.25, -0.2) is 14.3 Å². The summed E-state index contributed by atoms with van der Waals surface area (Å²) in [6, 6.07) is 1.56. The number of H-pyrrole nitrogens is 1. The lowest BCUT2D eigenvalue weighted by Crippen LogP contribution is -2.41. The Bertz CT molecular complexity index is 1400. The van der Waals surface area contributed by atoms with Crippen LogP contribution in [-0.2, 0) is 11.8 Å². The number of carbonyl (C=O) groups is 1. The monoisotopic (exact) mass is 466 g/mol. The molecular formula is C22H26N8O4. The number of aromatic amines is 1. The van der Waals surface area contributed by atoms with Gasteiger partial charge in [-0.1, -0.05) is 0 Å². The van der Waals surface area contributed by atoms with Crippen LogP contribution in [0.3, 0.4) is 0 Å². The summed E-state index contributed by atoms with van der Waals surface area (Å²) in [5, 5.41) is 12.8. The molecule has 1 fully saturated rings. The molecule has 1 aliphatic rings. The molecule has 0 bridgehead atoms. The van der Waals surface area contributed by atoms with Gasteiger partial charge in [0, 0.05) is 32.1 Å². The third-order valence-electron chi connectivity index (χ3n) is 5.79. The molecule has 4 aromatic rings. The zero-order valence-electron chi connectivity index (χ0n) is 19.5. The minimum Gasteiger partial charge on any atom is -0.444 e. The maximum Gasteiger partial charge on any atom is 0.410 e. The van der Waals surface area contributed by atoms with Crippen molar-refractivity contribution in [3.8, 4) is 23.0 Å². The Hall–Kier alpha value is -3.96. The van der Waals surface area contributed by atoms with Gasteiger partial charge in [0.25, 0.3) is 17.3 Å². The first-order chi connectivity index (χ1) is 16.2. The molecule has 4 aromatic heterocycles. The number of ether oxygens (including phenoxy) is 1. The number of rotatable bonds is 3. The highest BCUT2D eigenvalue weighted by Gasteiger charge is 2.29. The lowest BCUT2D eigenvalue weighted by atomic mass is 9.93. The second-order valence-electron chi connectivity index (χ2n) is 9.42. The van der Waals surface area contributed by atoms with E-state index in [1.807, 2.05) is 27.8 Å². The Morgan fingerprint density at radius 2 is 1.91 bits per heavy atom. The van der Waals surface area contributed by atoms with Crippen LogP contribution in [-0.4, -0.2) is 64.0 Å². The van der Waals surface area contributed by atoms with Crippen LogP contribution in [0.25, 0.3) is 28.7 Å². The van der Waals surface area contributed by atoms with E-state index >= 15 is 0 Å². The van der Waals surface area contributed by atoms with Gasteiger partial charge in [0.15, 0.2) is 0 Å². The Kier molecular flexibility index (Phi) is 5.22. The largest absolute Gasteiger partial charge is 0.444 e. The van der Waals surface area contributed by atoms with Gasteiger partial charge in [0.1, 0.15) is 22.5 Å². The molecular weight excluding hydrogens is 440 g/mol. The Labute approximate surface area is 194 Å². The van der Waals surface area contributed by atoms with Gasteiger partial charge in [0.2, 0.25) is 0 Å². The third kappa shape index (κ3) is 4.06. The Morgan fingerprint density at radius 3 is 2.59 bits per heavy atom. The lowest BCUT2D eigenvalue weighted by molar-refractivity contribution is 0.0203. The molecule has 178 valence electrons. The quantitative estimate of drug-likeness (QED) is 0.486. The van der Waals surface area contributed by atoms with Crippen molar-refractivity contribution < 1.29 is 13.9 Å². The van der Waals surface area contributed by atoms with Crippen molar-refractivity contribution in [2.45, 2.75) is 45.1 Å². The molecule has 1 N–H and O–H groups in total. The SMILES string of the molecule is Cn1cncc1-c1nnc(-c2cnn3c(C4CCN(C(=O)OC(C)(C)C)CC4)cc(=O)[nH]c23)o1. The number of amides is 1. The van der Waals surface area contributed by atoms with E-state index in [1.165, 1.54) is 0 Å². The highest BCUT2D eigenvalue weighted by molar-refractivity contribution is 5.71. The molecule has 1 amide bonds. The van der Waals surface area contributed by atoms with Crippen molar-refractivity contribution >= 4 is 11.7 Å². The molecule has 12 heteroatoms. The van der Waals surface area contributed by atoms with Crippen molar-refractivity contribution in [3.05, 3.63) is 40.8 Å². The first-order valence-electron chi connectivity index (χ1n) is 11.1. The molecule has 5 heterocycles. The second kappa shape index (κ2) is 8.12. The average molecular weight is 467 g/mol. The molecule has 0 aliphatic carbocycles. The van der Waals surface area contributed by atoms with Gasteiger partial charge >= 0.3 is 6.09 Å². The fourth-order valence-electron chi connectivity index (χ4n) is 4.14. The highest BCUT2D eigenvalue weighted by atomic mass is 16.6. The van der Waals surface area contributed by atoms with E-state index in [9.17, 15) is 9.59 Å². The van der Waals surface area contributed by atoms with Gasteiger partial charge in [0.05, 0.1) is 24.4 Å². The predicted molar refractivity (Wildman–Crippen MR) is 121 cm³/mol. The maximum absolute atomic E-state index is 12.5. The van der Waals surface area contributed by atoms with E-state index in [0.717, 1.165) is 5.69 Å². The molecule has 1 aliphatic heterocycles. The molecule has 0 radical (unpaired) electrons. The number of likely N-dealkylation sites (tertiary alicyclic amines) is 1. The van der Waals surface area contributed by atoms with Crippen molar-refractivity contribution in [1.82, 2.24) is 39.2 Å². The van der Waals surface area contributed by atoms with Crippen LogP contribution in [0.4, 0.5) is 4.79 Å². The van der Waals surface area contributed by atoms with E-state index in [1.54, 1.807) is 38.8 Å². The number of hydrogen-bond donors (Lipinski definition) is 1. The van der Waals surface area contributed by atoms with Crippen molar-refractivity contribution in [2.75, 3.05) is 13.1 Å². The van der Waals surface area contributed by atoms with Gasteiger partial charge in [-0.05, 0) is 33.6 Å². The molecule has 12 nitrogen and oxygen atoms in total. The number of hydrogen-bond acceptors (Lipinski definition) is 8. The molecule has 0 atom stereocenters. The summed E-state index contributed by atoms with van der Waals surface area (Å²) in [7, 11) is 1.83. The number of nitrogens with zero attached hydrogens (tertiary/aromatic N) is 7. The zero-order chi connectivity index (χ0) is 24.0. The number of aryl methyl sites for hydroxylation is 1. The highest BCUT2D eigenvalue weighted by Crippen LogP contribution is 2.31. The minimum atomic E-state index is -0.538. The van der Waals surface area contributed by atoms with E-state index in [2.05, 4.69) is 25.3 Å². The van der Waals surface area contributed by atoms with Crippen LogP contribution in [0, 0.1) is 0 Å². The van der Waals surface area contributed by atoms with Crippen LogP contribution in [0.15, 0.2) is 34.0 Å². The van der Waals surface area contributed by atoms with Crippen LogP contribution in [0.1, 0.15) is 45.2 Å². The number of imidazole rings is 1. The van der Waals surface area contributed by atoms with E-state index in [0.29, 0.717) is 48.7 Å². The lowest BCUT2D eigenvalue weighted by Gasteiger charge is -2.33. The van der Waals surface area contributed by atoms with Crippen LogP contribution >= 0.6 is 0 Å². The van der Waals surface area contributed by atoms with Gasteiger partial charge in [-0.15, -0.1) is 10.2 Å². The molecule has 5 rings (SSSR count). The van der Waals surface area contributed by atoms with E-state index in [4.69, 9.17) is 9.15 Å². The van der Waals surface area contributed by atoms with Crippen molar-refractivity contribution in [2.24, 2.45) is 7.05 Å². The summed E-state index contributed by atoms with van der Waals surface area (Å²) in [6.45, 7) is 6.63. The summed E-state index contributed by atoms with van der Waals surface area (Å²) < 4.78 is 14.8. The van der Waals surface area contributed by atoms with Crippen molar-refractivity contribution in [1.29, 1.82) is 0 Å². The summed E-state index contributed by atoms with van der Waals surface area (Å²) in [5.74, 6) is 0.630. The standard InChI is InChI=1S/C22H26N8O4/c1-22(2,3)34-21(32)29-7-5-13(6-8-29)15-9-17(31)25-18-14(10-24-30(15)18)19-26-27-20(33-19)16-11-23-12-28(16)4/h9-13H,5-8H2,1-4H3,(H,25,31). The molecule has 0 saturated carbocycles. The maximum atomic E-state index is 12.5. The molecule has 0 aromatic carbocycles.